The first-order valence-corrected chi connectivity index (χ1v) is 9.23. The van der Waals surface area contributed by atoms with E-state index in [1.165, 1.54) is 0 Å². The number of nitrogens with one attached hydrogen (secondary N) is 2. The molecular formula is C20H26N4O4. The molecule has 1 fully saturated rings. The second-order valence-electron chi connectivity index (χ2n) is 6.33. The lowest BCUT2D eigenvalue weighted by atomic mass is 10.2. The van der Waals surface area contributed by atoms with Crippen LogP contribution in [0.15, 0.2) is 36.5 Å². The third-order valence-corrected chi connectivity index (χ3v) is 4.51. The number of aromatic nitrogens is 1. The molecule has 0 saturated carbocycles. The zero-order valence-corrected chi connectivity index (χ0v) is 16.2. The summed E-state index contributed by atoms with van der Waals surface area (Å²) in [6, 6.07) is 8.66. The number of benzene rings is 1. The van der Waals surface area contributed by atoms with Gasteiger partial charge in [-0.2, -0.15) is 0 Å². The molecule has 0 bridgehead atoms. The van der Waals surface area contributed by atoms with E-state index in [1.807, 2.05) is 0 Å². The van der Waals surface area contributed by atoms with Crippen LogP contribution in [0.5, 0.6) is 11.5 Å². The number of amides is 1. The van der Waals surface area contributed by atoms with Crippen molar-refractivity contribution in [3.8, 4) is 11.5 Å². The molecule has 0 unspecified atom stereocenters. The van der Waals surface area contributed by atoms with Crippen molar-refractivity contribution in [3.05, 3.63) is 42.1 Å². The number of carbonyl (C=O) groups is 1. The Balaban J connectivity index is 1.60. The molecule has 8 heteroatoms. The fraction of sp³-hybridized carbons (Fsp3) is 0.400. The number of methoxy groups -OCH3 is 2. The predicted octanol–water partition coefficient (Wildman–Crippen LogP) is 2.10. The van der Waals surface area contributed by atoms with E-state index in [9.17, 15) is 4.79 Å². The molecule has 150 valence electrons. The fourth-order valence-electron chi connectivity index (χ4n) is 2.94. The zero-order chi connectivity index (χ0) is 19.8. The van der Waals surface area contributed by atoms with Crippen molar-refractivity contribution in [1.82, 2.24) is 9.88 Å². The summed E-state index contributed by atoms with van der Waals surface area (Å²) < 4.78 is 15.9. The van der Waals surface area contributed by atoms with Gasteiger partial charge in [-0.05, 0) is 24.3 Å². The first-order valence-electron chi connectivity index (χ1n) is 9.23. The fourth-order valence-corrected chi connectivity index (χ4v) is 2.94. The molecular weight excluding hydrogens is 360 g/mol. The predicted molar refractivity (Wildman–Crippen MR) is 107 cm³/mol. The average Bonchev–Trinajstić information content (AvgIpc) is 2.74. The van der Waals surface area contributed by atoms with E-state index < -0.39 is 0 Å². The Hall–Kier alpha value is -2.84. The summed E-state index contributed by atoms with van der Waals surface area (Å²) in [6.45, 7) is 5.10. The summed E-state index contributed by atoms with van der Waals surface area (Å²) in [6.07, 6.45) is 1.62. The van der Waals surface area contributed by atoms with Crippen LogP contribution in [-0.4, -0.2) is 69.4 Å². The van der Waals surface area contributed by atoms with Crippen molar-refractivity contribution >= 4 is 17.4 Å². The number of morpholine rings is 1. The number of carbonyl (C=O) groups excluding carboxylic acids is 1. The normalized spacial score (nSPS) is 14.4. The van der Waals surface area contributed by atoms with Crippen molar-refractivity contribution < 1.29 is 19.0 Å². The molecule has 1 saturated heterocycles. The zero-order valence-electron chi connectivity index (χ0n) is 16.2. The lowest BCUT2D eigenvalue weighted by molar-refractivity contribution is 0.0398. The van der Waals surface area contributed by atoms with Crippen LogP contribution in [0.1, 0.15) is 10.4 Å². The third-order valence-electron chi connectivity index (χ3n) is 4.51. The Bertz CT molecular complexity index is 794. The minimum absolute atomic E-state index is 0.245. The van der Waals surface area contributed by atoms with Crippen LogP contribution in [0.3, 0.4) is 0 Å². The van der Waals surface area contributed by atoms with Gasteiger partial charge < -0.3 is 24.8 Å². The first-order chi connectivity index (χ1) is 13.7. The average molecular weight is 386 g/mol. The van der Waals surface area contributed by atoms with Gasteiger partial charge in [-0.3, -0.25) is 9.69 Å². The van der Waals surface area contributed by atoms with Crippen LogP contribution in [0, 0.1) is 0 Å². The number of rotatable bonds is 8. The molecule has 1 aromatic heterocycles. The molecule has 0 radical (unpaired) electrons. The maximum absolute atomic E-state index is 12.7. The molecule has 28 heavy (non-hydrogen) atoms. The number of pyridine rings is 1. The lowest BCUT2D eigenvalue weighted by Gasteiger charge is -2.26. The van der Waals surface area contributed by atoms with Crippen LogP contribution < -0.4 is 20.1 Å². The summed E-state index contributed by atoms with van der Waals surface area (Å²) in [4.78, 5) is 19.3. The maximum Gasteiger partial charge on any atom is 0.255 e. The summed E-state index contributed by atoms with van der Waals surface area (Å²) in [7, 11) is 3.13. The van der Waals surface area contributed by atoms with E-state index in [1.54, 1.807) is 50.7 Å². The van der Waals surface area contributed by atoms with Gasteiger partial charge in [-0.25, -0.2) is 4.98 Å². The highest BCUT2D eigenvalue weighted by Crippen LogP contribution is 2.29. The Morgan fingerprint density at radius 2 is 2.00 bits per heavy atom. The van der Waals surface area contributed by atoms with Crippen LogP contribution in [0.25, 0.3) is 0 Å². The summed E-state index contributed by atoms with van der Waals surface area (Å²) in [5.74, 6) is 1.62. The molecule has 0 aliphatic carbocycles. The Morgan fingerprint density at radius 3 is 2.75 bits per heavy atom. The number of anilines is 2. The van der Waals surface area contributed by atoms with Crippen LogP contribution in [0.4, 0.5) is 11.5 Å². The van der Waals surface area contributed by atoms with Gasteiger partial charge in [0.1, 0.15) is 17.3 Å². The summed E-state index contributed by atoms with van der Waals surface area (Å²) in [5, 5.41) is 6.14. The van der Waals surface area contributed by atoms with Gasteiger partial charge in [-0.1, -0.05) is 0 Å². The second-order valence-corrected chi connectivity index (χ2v) is 6.33. The van der Waals surface area contributed by atoms with Crippen molar-refractivity contribution in [1.29, 1.82) is 0 Å². The van der Waals surface area contributed by atoms with Crippen LogP contribution in [-0.2, 0) is 4.74 Å². The third kappa shape index (κ3) is 5.34. The Morgan fingerprint density at radius 1 is 1.18 bits per heavy atom. The monoisotopic (exact) mass is 386 g/mol. The second kappa shape index (κ2) is 9.91. The van der Waals surface area contributed by atoms with Gasteiger partial charge in [0.25, 0.3) is 5.91 Å². The van der Waals surface area contributed by atoms with Gasteiger partial charge in [0.2, 0.25) is 0 Å². The van der Waals surface area contributed by atoms with E-state index in [0.29, 0.717) is 28.6 Å². The van der Waals surface area contributed by atoms with E-state index in [0.717, 1.165) is 39.4 Å². The van der Waals surface area contributed by atoms with Crippen molar-refractivity contribution in [3.63, 3.8) is 0 Å². The van der Waals surface area contributed by atoms with Crippen molar-refractivity contribution in [2.75, 3.05) is 64.2 Å². The first kappa shape index (κ1) is 19.9. The Kier molecular flexibility index (Phi) is 7.05. The number of ether oxygens (including phenoxy) is 3. The molecule has 1 aliphatic heterocycles. The summed E-state index contributed by atoms with van der Waals surface area (Å²) >= 11 is 0. The minimum Gasteiger partial charge on any atom is -0.497 e. The number of hydrogen-bond donors (Lipinski definition) is 2. The van der Waals surface area contributed by atoms with Crippen molar-refractivity contribution in [2.45, 2.75) is 0 Å². The molecule has 3 rings (SSSR count). The maximum atomic E-state index is 12.7. The molecule has 1 aromatic carbocycles. The van der Waals surface area contributed by atoms with E-state index in [-0.39, 0.29) is 5.91 Å². The van der Waals surface area contributed by atoms with Crippen LogP contribution >= 0.6 is 0 Å². The molecule has 1 aliphatic rings. The minimum atomic E-state index is -0.245. The van der Waals surface area contributed by atoms with E-state index in [4.69, 9.17) is 14.2 Å². The summed E-state index contributed by atoms with van der Waals surface area (Å²) in [5.41, 5.74) is 1.05. The molecule has 8 nitrogen and oxygen atoms in total. The molecule has 0 spiro atoms. The highest BCUT2D eigenvalue weighted by atomic mass is 16.5. The van der Waals surface area contributed by atoms with Gasteiger partial charge in [0, 0.05) is 44.0 Å². The molecule has 2 N–H and O–H groups in total. The highest BCUT2D eigenvalue weighted by molar-refractivity contribution is 6.05. The SMILES string of the molecule is COc1ccc(OC)c(NC(=O)c2ccnc(NCCN3CCOCC3)c2)c1. The van der Waals surface area contributed by atoms with Crippen molar-refractivity contribution in [2.24, 2.45) is 0 Å². The smallest absolute Gasteiger partial charge is 0.255 e. The number of nitrogens with zero attached hydrogens (tertiary/aromatic N) is 2. The highest BCUT2D eigenvalue weighted by Gasteiger charge is 2.13. The topological polar surface area (TPSA) is 85.0 Å². The molecule has 0 atom stereocenters. The quantitative estimate of drug-likeness (QED) is 0.719. The molecule has 2 heterocycles. The largest absolute Gasteiger partial charge is 0.497 e. The van der Waals surface area contributed by atoms with Gasteiger partial charge >= 0.3 is 0 Å². The van der Waals surface area contributed by atoms with Gasteiger partial charge in [0.15, 0.2) is 0 Å². The van der Waals surface area contributed by atoms with E-state index >= 15 is 0 Å². The van der Waals surface area contributed by atoms with Gasteiger partial charge in [0.05, 0.1) is 33.1 Å². The number of hydrogen-bond acceptors (Lipinski definition) is 7. The standard InChI is InChI=1S/C20H26N4O4/c1-26-16-3-4-18(27-2)17(14-16)23-20(25)15-5-6-21-19(13-15)22-7-8-24-9-11-28-12-10-24/h3-6,13-14H,7-12H2,1-2H3,(H,21,22)(H,23,25). The lowest BCUT2D eigenvalue weighted by Crippen LogP contribution is -2.39. The van der Waals surface area contributed by atoms with Crippen LogP contribution in [0.2, 0.25) is 0 Å². The van der Waals surface area contributed by atoms with Gasteiger partial charge in [-0.15, -0.1) is 0 Å². The molecule has 1 amide bonds. The van der Waals surface area contributed by atoms with E-state index in [2.05, 4.69) is 20.5 Å². The molecule has 2 aromatic rings. The Labute approximate surface area is 164 Å².